The second-order valence-corrected chi connectivity index (χ2v) is 4.54. The zero-order valence-electron chi connectivity index (χ0n) is 11.0. The molecule has 5 nitrogen and oxygen atoms in total. The highest BCUT2D eigenvalue weighted by atomic mass is 35.5. The lowest BCUT2D eigenvalue weighted by Gasteiger charge is -2.33. The molecule has 6 heteroatoms. The molecule has 1 saturated heterocycles. The summed E-state index contributed by atoms with van der Waals surface area (Å²) in [7, 11) is 0. The molecule has 2 amide bonds. The first-order chi connectivity index (χ1) is 8.17. The van der Waals surface area contributed by atoms with Crippen LogP contribution in [-0.4, -0.2) is 42.4 Å². The molecule has 1 aliphatic rings. The zero-order chi connectivity index (χ0) is 12.7. The van der Waals surface area contributed by atoms with E-state index >= 15 is 0 Å². The Kier molecular flexibility index (Phi) is 8.75. The number of nitrogens with one attached hydrogen (secondary N) is 1. The topological polar surface area (TPSA) is 75.4 Å². The van der Waals surface area contributed by atoms with Gasteiger partial charge in [0, 0.05) is 38.5 Å². The summed E-state index contributed by atoms with van der Waals surface area (Å²) in [5, 5.41) is 2.98. The van der Waals surface area contributed by atoms with Crippen molar-refractivity contribution in [3.05, 3.63) is 0 Å². The molecular formula is C12H24ClN3O2. The van der Waals surface area contributed by atoms with Gasteiger partial charge >= 0.3 is 0 Å². The molecular weight excluding hydrogens is 254 g/mol. The van der Waals surface area contributed by atoms with E-state index in [0.717, 1.165) is 25.8 Å². The third kappa shape index (κ3) is 5.69. The summed E-state index contributed by atoms with van der Waals surface area (Å²) < 4.78 is 0. The van der Waals surface area contributed by atoms with Crippen LogP contribution in [0.15, 0.2) is 0 Å². The van der Waals surface area contributed by atoms with Gasteiger partial charge in [-0.2, -0.15) is 0 Å². The Labute approximate surface area is 115 Å². The van der Waals surface area contributed by atoms with Crippen LogP contribution in [0.1, 0.15) is 39.0 Å². The Morgan fingerprint density at radius 3 is 2.72 bits per heavy atom. The summed E-state index contributed by atoms with van der Waals surface area (Å²) >= 11 is 0. The molecule has 3 N–H and O–H groups in total. The molecule has 1 atom stereocenters. The fraction of sp³-hybridized carbons (Fsp3) is 0.833. The Morgan fingerprint density at radius 2 is 2.11 bits per heavy atom. The van der Waals surface area contributed by atoms with Crippen LogP contribution in [0.2, 0.25) is 0 Å². The number of hydrogen-bond acceptors (Lipinski definition) is 3. The fourth-order valence-corrected chi connectivity index (χ4v) is 2.13. The molecule has 1 rings (SSSR count). The van der Waals surface area contributed by atoms with Crippen molar-refractivity contribution in [2.45, 2.75) is 45.1 Å². The van der Waals surface area contributed by atoms with E-state index in [-0.39, 0.29) is 30.3 Å². The average Bonchev–Trinajstić information content (AvgIpc) is 2.30. The maximum absolute atomic E-state index is 11.7. The van der Waals surface area contributed by atoms with Gasteiger partial charge < -0.3 is 16.0 Å². The summed E-state index contributed by atoms with van der Waals surface area (Å²) in [6, 6.07) is 0.115. The number of likely N-dealkylation sites (tertiary alicyclic amines) is 1. The molecule has 1 heterocycles. The number of halogens is 1. The highest BCUT2D eigenvalue weighted by Crippen LogP contribution is 2.11. The quantitative estimate of drug-likeness (QED) is 0.775. The van der Waals surface area contributed by atoms with Crippen LogP contribution >= 0.6 is 12.4 Å². The molecule has 0 aliphatic carbocycles. The van der Waals surface area contributed by atoms with E-state index in [4.69, 9.17) is 5.73 Å². The van der Waals surface area contributed by atoms with E-state index in [1.807, 2.05) is 11.8 Å². The van der Waals surface area contributed by atoms with Crippen molar-refractivity contribution in [2.75, 3.05) is 19.6 Å². The lowest BCUT2D eigenvalue weighted by Crippen LogP contribution is -2.49. The van der Waals surface area contributed by atoms with Gasteiger partial charge in [-0.05, 0) is 19.3 Å². The predicted octanol–water partition coefficient (Wildman–Crippen LogP) is 0.664. The van der Waals surface area contributed by atoms with Gasteiger partial charge in [-0.15, -0.1) is 12.4 Å². The molecule has 0 aromatic rings. The van der Waals surface area contributed by atoms with Crippen molar-refractivity contribution in [2.24, 2.45) is 5.73 Å². The van der Waals surface area contributed by atoms with Crippen molar-refractivity contribution >= 4 is 24.2 Å². The third-order valence-electron chi connectivity index (χ3n) is 2.97. The minimum atomic E-state index is 0. The van der Waals surface area contributed by atoms with E-state index < -0.39 is 0 Å². The molecule has 0 aromatic carbocycles. The standard InChI is InChI=1S/C12H23N3O2.ClH/c1-2-4-11(16)14-10-5-3-8-15(9-10)12(17)6-7-13;/h10H,2-9,13H2,1H3,(H,14,16);1H. The van der Waals surface area contributed by atoms with E-state index in [2.05, 4.69) is 5.32 Å². The number of amides is 2. The molecule has 1 unspecified atom stereocenters. The first kappa shape index (κ1) is 17.2. The summed E-state index contributed by atoms with van der Waals surface area (Å²) in [6.45, 7) is 3.80. The predicted molar refractivity (Wildman–Crippen MR) is 73.6 cm³/mol. The van der Waals surface area contributed by atoms with Crippen molar-refractivity contribution in [1.29, 1.82) is 0 Å². The lowest BCUT2D eigenvalue weighted by atomic mass is 10.0. The van der Waals surface area contributed by atoms with Crippen molar-refractivity contribution in [3.63, 3.8) is 0 Å². The van der Waals surface area contributed by atoms with Gasteiger partial charge in [0.25, 0.3) is 0 Å². The number of piperidine rings is 1. The summed E-state index contributed by atoms with van der Waals surface area (Å²) in [6.07, 6.45) is 3.73. The minimum Gasteiger partial charge on any atom is -0.352 e. The molecule has 0 spiro atoms. The molecule has 106 valence electrons. The monoisotopic (exact) mass is 277 g/mol. The van der Waals surface area contributed by atoms with Gasteiger partial charge in [0.1, 0.15) is 0 Å². The van der Waals surface area contributed by atoms with E-state index in [9.17, 15) is 9.59 Å². The smallest absolute Gasteiger partial charge is 0.223 e. The Hall–Kier alpha value is -0.810. The van der Waals surface area contributed by atoms with Gasteiger partial charge in [0.2, 0.25) is 11.8 Å². The zero-order valence-corrected chi connectivity index (χ0v) is 11.8. The van der Waals surface area contributed by atoms with Crippen LogP contribution in [0.5, 0.6) is 0 Å². The molecule has 1 fully saturated rings. The van der Waals surface area contributed by atoms with Gasteiger partial charge in [-0.1, -0.05) is 6.92 Å². The number of rotatable bonds is 5. The second kappa shape index (κ2) is 9.16. The Bertz CT molecular complexity index is 274. The summed E-state index contributed by atoms with van der Waals surface area (Å²) in [4.78, 5) is 25.0. The third-order valence-corrected chi connectivity index (χ3v) is 2.97. The van der Waals surface area contributed by atoms with Crippen LogP contribution in [0, 0.1) is 0 Å². The molecule has 0 bridgehead atoms. The summed E-state index contributed by atoms with van der Waals surface area (Å²) in [5.41, 5.74) is 5.37. The van der Waals surface area contributed by atoms with Crippen molar-refractivity contribution in [1.82, 2.24) is 10.2 Å². The fourth-order valence-electron chi connectivity index (χ4n) is 2.13. The normalized spacial score (nSPS) is 19.0. The van der Waals surface area contributed by atoms with Crippen molar-refractivity contribution in [3.8, 4) is 0 Å². The van der Waals surface area contributed by atoms with E-state index in [1.165, 1.54) is 0 Å². The molecule has 18 heavy (non-hydrogen) atoms. The Morgan fingerprint density at radius 1 is 1.39 bits per heavy atom. The molecule has 0 aromatic heterocycles. The number of carbonyl (C=O) groups excluding carboxylic acids is 2. The van der Waals surface area contributed by atoms with Crippen LogP contribution in [-0.2, 0) is 9.59 Å². The SMILES string of the molecule is CCCC(=O)NC1CCCN(C(=O)CCN)C1.Cl. The second-order valence-electron chi connectivity index (χ2n) is 4.54. The Balaban J connectivity index is 0.00000289. The maximum Gasteiger partial charge on any atom is 0.223 e. The van der Waals surface area contributed by atoms with Crippen LogP contribution < -0.4 is 11.1 Å². The van der Waals surface area contributed by atoms with Gasteiger partial charge in [0.15, 0.2) is 0 Å². The largest absolute Gasteiger partial charge is 0.352 e. The van der Waals surface area contributed by atoms with Gasteiger partial charge in [-0.3, -0.25) is 9.59 Å². The maximum atomic E-state index is 11.7. The van der Waals surface area contributed by atoms with E-state index in [0.29, 0.717) is 25.9 Å². The van der Waals surface area contributed by atoms with Gasteiger partial charge in [0.05, 0.1) is 0 Å². The number of nitrogens with zero attached hydrogens (tertiary/aromatic N) is 1. The molecule has 0 saturated carbocycles. The molecule has 1 aliphatic heterocycles. The van der Waals surface area contributed by atoms with Crippen LogP contribution in [0.4, 0.5) is 0 Å². The van der Waals surface area contributed by atoms with E-state index in [1.54, 1.807) is 0 Å². The highest BCUT2D eigenvalue weighted by Gasteiger charge is 2.23. The number of nitrogens with two attached hydrogens (primary N) is 1. The molecule has 0 radical (unpaired) electrons. The number of carbonyl (C=O) groups is 2. The summed E-state index contributed by atoms with van der Waals surface area (Å²) in [5.74, 6) is 0.188. The van der Waals surface area contributed by atoms with Crippen LogP contribution in [0.25, 0.3) is 0 Å². The number of hydrogen-bond donors (Lipinski definition) is 2. The van der Waals surface area contributed by atoms with Crippen molar-refractivity contribution < 1.29 is 9.59 Å². The lowest BCUT2D eigenvalue weighted by molar-refractivity contribution is -0.133. The van der Waals surface area contributed by atoms with Crippen LogP contribution in [0.3, 0.4) is 0 Å². The van der Waals surface area contributed by atoms with Gasteiger partial charge in [-0.25, -0.2) is 0 Å². The average molecular weight is 278 g/mol. The first-order valence-corrected chi connectivity index (χ1v) is 6.44. The highest BCUT2D eigenvalue weighted by molar-refractivity contribution is 5.85. The minimum absolute atomic E-state index is 0. The first-order valence-electron chi connectivity index (χ1n) is 6.44.